The molecule has 120 valence electrons. The number of non-ortho nitro benzene ring substituents is 1. The van der Waals surface area contributed by atoms with Crippen molar-refractivity contribution < 1.29 is 4.92 Å². The summed E-state index contributed by atoms with van der Waals surface area (Å²) in [5.74, 6) is 0. The summed E-state index contributed by atoms with van der Waals surface area (Å²) < 4.78 is 0. The molecule has 7 heteroatoms. The van der Waals surface area contributed by atoms with E-state index in [4.69, 9.17) is 0 Å². The first-order valence-electron chi connectivity index (χ1n) is 6.92. The molecule has 0 saturated carbocycles. The minimum Gasteiger partial charge on any atom is -0.384 e. The number of nitrogens with zero attached hydrogens (tertiary/aromatic N) is 3. The second kappa shape index (κ2) is 7.91. The fraction of sp³-hybridized carbons (Fsp3) is 0.400. The van der Waals surface area contributed by atoms with Crippen LogP contribution in [0.15, 0.2) is 24.4 Å². The average molecular weight is 325 g/mol. The summed E-state index contributed by atoms with van der Waals surface area (Å²) in [7, 11) is 4.05. The fourth-order valence-corrected chi connectivity index (χ4v) is 2.30. The van der Waals surface area contributed by atoms with Crippen molar-refractivity contribution in [1.29, 1.82) is 0 Å². The minimum atomic E-state index is -0.353. The standard InChI is InChI=1S/C15H20N4O2.ClH/c1-11-5-6-13(19(20)21)14-12(7-9-17-15(11)14)16-8-4-10-18(2)3;/h5-7,9H,4,8,10H2,1-3H3,(H,16,17);1H. The van der Waals surface area contributed by atoms with Crippen LogP contribution < -0.4 is 5.32 Å². The highest BCUT2D eigenvalue weighted by Gasteiger charge is 2.17. The third-order valence-electron chi connectivity index (χ3n) is 3.37. The van der Waals surface area contributed by atoms with E-state index in [1.807, 2.05) is 21.0 Å². The monoisotopic (exact) mass is 324 g/mol. The molecule has 1 heterocycles. The molecule has 0 bridgehead atoms. The smallest absolute Gasteiger partial charge is 0.280 e. The third-order valence-corrected chi connectivity index (χ3v) is 3.37. The summed E-state index contributed by atoms with van der Waals surface area (Å²) >= 11 is 0. The molecule has 0 aliphatic rings. The van der Waals surface area contributed by atoms with E-state index in [0.29, 0.717) is 10.9 Å². The lowest BCUT2D eigenvalue weighted by atomic mass is 10.1. The third kappa shape index (κ3) is 4.05. The average Bonchev–Trinajstić information content (AvgIpc) is 2.44. The number of aryl methyl sites for hydroxylation is 1. The highest BCUT2D eigenvalue weighted by Crippen LogP contribution is 2.32. The van der Waals surface area contributed by atoms with Gasteiger partial charge in [-0.3, -0.25) is 15.1 Å². The number of nitro benzene ring substituents is 1. The molecule has 0 aliphatic carbocycles. The minimum absolute atomic E-state index is 0. The van der Waals surface area contributed by atoms with Gasteiger partial charge in [0.1, 0.15) is 5.39 Å². The van der Waals surface area contributed by atoms with Crippen LogP contribution in [0.2, 0.25) is 0 Å². The molecule has 2 aromatic rings. The van der Waals surface area contributed by atoms with E-state index < -0.39 is 0 Å². The molecule has 22 heavy (non-hydrogen) atoms. The summed E-state index contributed by atoms with van der Waals surface area (Å²) in [6, 6.07) is 5.08. The zero-order chi connectivity index (χ0) is 15.4. The number of benzene rings is 1. The molecule has 0 radical (unpaired) electrons. The second-order valence-corrected chi connectivity index (χ2v) is 5.32. The maximum Gasteiger partial charge on any atom is 0.280 e. The highest BCUT2D eigenvalue weighted by atomic mass is 35.5. The van der Waals surface area contributed by atoms with Crippen LogP contribution in [0.4, 0.5) is 11.4 Å². The van der Waals surface area contributed by atoms with Crippen LogP contribution in [0, 0.1) is 17.0 Å². The van der Waals surface area contributed by atoms with Crippen LogP contribution in [0.3, 0.4) is 0 Å². The van der Waals surface area contributed by atoms with Gasteiger partial charge in [-0.2, -0.15) is 0 Å². The van der Waals surface area contributed by atoms with E-state index in [2.05, 4.69) is 15.2 Å². The van der Waals surface area contributed by atoms with Gasteiger partial charge in [0.25, 0.3) is 5.69 Å². The van der Waals surface area contributed by atoms with Crippen LogP contribution >= 0.6 is 12.4 Å². The highest BCUT2D eigenvalue weighted by molar-refractivity contribution is 6.00. The van der Waals surface area contributed by atoms with Gasteiger partial charge in [0.2, 0.25) is 0 Å². The Bertz CT molecular complexity index is 661. The van der Waals surface area contributed by atoms with Crippen molar-refractivity contribution in [3.63, 3.8) is 0 Å². The predicted octanol–water partition coefficient (Wildman–Crippen LogP) is 3.24. The van der Waals surface area contributed by atoms with Gasteiger partial charge in [-0.05, 0) is 45.6 Å². The Morgan fingerprint density at radius 3 is 2.68 bits per heavy atom. The number of anilines is 1. The molecular weight excluding hydrogens is 304 g/mol. The van der Waals surface area contributed by atoms with Crippen LogP contribution in [-0.4, -0.2) is 42.0 Å². The number of rotatable bonds is 6. The van der Waals surface area contributed by atoms with E-state index >= 15 is 0 Å². The lowest BCUT2D eigenvalue weighted by Crippen LogP contribution is -2.16. The first-order valence-corrected chi connectivity index (χ1v) is 6.92. The van der Waals surface area contributed by atoms with E-state index in [1.165, 1.54) is 0 Å². The molecule has 6 nitrogen and oxygen atoms in total. The molecule has 0 fully saturated rings. The molecule has 2 rings (SSSR count). The number of pyridine rings is 1. The lowest BCUT2D eigenvalue weighted by Gasteiger charge is -2.12. The molecule has 0 amide bonds. The number of aromatic nitrogens is 1. The molecule has 0 aliphatic heterocycles. The van der Waals surface area contributed by atoms with Crippen molar-refractivity contribution in [3.05, 3.63) is 40.1 Å². The molecule has 1 N–H and O–H groups in total. The summed E-state index contributed by atoms with van der Waals surface area (Å²) in [6.07, 6.45) is 2.66. The number of hydrogen-bond acceptors (Lipinski definition) is 5. The van der Waals surface area contributed by atoms with E-state index in [1.54, 1.807) is 24.4 Å². The Labute approximate surface area is 136 Å². The van der Waals surface area contributed by atoms with Crippen molar-refractivity contribution in [3.8, 4) is 0 Å². The molecule has 0 unspecified atom stereocenters. The summed E-state index contributed by atoms with van der Waals surface area (Å²) in [5, 5.41) is 15.1. The Morgan fingerprint density at radius 2 is 2.05 bits per heavy atom. The second-order valence-electron chi connectivity index (χ2n) is 5.32. The van der Waals surface area contributed by atoms with Crippen LogP contribution in [-0.2, 0) is 0 Å². The van der Waals surface area contributed by atoms with Crippen molar-refractivity contribution in [2.75, 3.05) is 32.5 Å². The van der Waals surface area contributed by atoms with Gasteiger partial charge in [0.15, 0.2) is 0 Å². The number of fused-ring (bicyclic) bond motifs is 1. The topological polar surface area (TPSA) is 71.3 Å². The largest absolute Gasteiger partial charge is 0.384 e. The molecule has 0 spiro atoms. The zero-order valence-corrected chi connectivity index (χ0v) is 13.8. The Balaban J connectivity index is 0.00000242. The van der Waals surface area contributed by atoms with Gasteiger partial charge >= 0.3 is 0 Å². The molecular formula is C15H21ClN4O2. The van der Waals surface area contributed by atoms with Crippen molar-refractivity contribution in [1.82, 2.24) is 9.88 Å². The maximum absolute atomic E-state index is 11.2. The van der Waals surface area contributed by atoms with Crippen molar-refractivity contribution in [2.45, 2.75) is 13.3 Å². The number of nitro groups is 1. The van der Waals surface area contributed by atoms with E-state index in [0.717, 1.165) is 30.8 Å². The first kappa shape index (κ1) is 18.1. The summed E-state index contributed by atoms with van der Waals surface area (Å²) in [6.45, 7) is 3.65. The number of nitrogens with one attached hydrogen (secondary N) is 1. The van der Waals surface area contributed by atoms with Crippen molar-refractivity contribution in [2.24, 2.45) is 0 Å². The quantitative estimate of drug-likeness (QED) is 0.502. The van der Waals surface area contributed by atoms with Crippen LogP contribution in [0.25, 0.3) is 10.9 Å². The van der Waals surface area contributed by atoms with Gasteiger partial charge in [0.05, 0.1) is 16.1 Å². The zero-order valence-electron chi connectivity index (χ0n) is 13.0. The molecule has 1 aromatic heterocycles. The normalized spacial score (nSPS) is 10.5. The van der Waals surface area contributed by atoms with Gasteiger partial charge in [-0.25, -0.2) is 0 Å². The van der Waals surface area contributed by atoms with Gasteiger partial charge in [0, 0.05) is 18.8 Å². The van der Waals surface area contributed by atoms with Gasteiger partial charge < -0.3 is 10.2 Å². The van der Waals surface area contributed by atoms with Crippen molar-refractivity contribution >= 4 is 34.7 Å². The van der Waals surface area contributed by atoms with Gasteiger partial charge in [-0.1, -0.05) is 6.07 Å². The maximum atomic E-state index is 11.2. The first-order chi connectivity index (χ1) is 10.0. The Morgan fingerprint density at radius 1 is 1.32 bits per heavy atom. The number of halogens is 1. The van der Waals surface area contributed by atoms with E-state index in [-0.39, 0.29) is 23.0 Å². The van der Waals surface area contributed by atoms with E-state index in [9.17, 15) is 10.1 Å². The van der Waals surface area contributed by atoms with Crippen LogP contribution in [0.5, 0.6) is 0 Å². The number of hydrogen-bond donors (Lipinski definition) is 1. The molecule has 0 saturated heterocycles. The predicted molar refractivity (Wildman–Crippen MR) is 92.0 cm³/mol. The molecule has 1 aromatic carbocycles. The SMILES string of the molecule is Cc1ccc([N+](=O)[O-])c2c(NCCCN(C)C)ccnc12.Cl. The van der Waals surface area contributed by atoms with Gasteiger partial charge in [-0.15, -0.1) is 12.4 Å². The Hall–Kier alpha value is -1.92. The Kier molecular flexibility index (Phi) is 6.52. The fourth-order valence-electron chi connectivity index (χ4n) is 2.30. The summed E-state index contributed by atoms with van der Waals surface area (Å²) in [5.41, 5.74) is 2.49. The lowest BCUT2D eigenvalue weighted by molar-refractivity contribution is -0.383. The van der Waals surface area contributed by atoms with Crippen LogP contribution in [0.1, 0.15) is 12.0 Å². The summed E-state index contributed by atoms with van der Waals surface area (Å²) in [4.78, 5) is 17.3. The molecule has 0 atom stereocenters.